The fourth-order valence-electron chi connectivity index (χ4n) is 3.50. The van der Waals surface area contributed by atoms with E-state index in [0.29, 0.717) is 0 Å². The quantitative estimate of drug-likeness (QED) is 0.209. The summed E-state index contributed by atoms with van der Waals surface area (Å²) in [5.74, 6) is 6.63. The second-order valence-corrected chi connectivity index (χ2v) is 7.17. The average Bonchev–Trinajstić information content (AvgIpc) is 2.71. The van der Waals surface area contributed by atoms with Crippen molar-refractivity contribution >= 4 is 21.5 Å². The third-order valence-corrected chi connectivity index (χ3v) is 5.08. The van der Waals surface area contributed by atoms with Gasteiger partial charge in [-0.15, -0.1) is 0 Å². The second-order valence-electron chi connectivity index (χ2n) is 7.17. The molecule has 4 aromatic carbocycles. The number of rotatable bonds is 4. The molecular formula is C27H24. The zero-order valence-electron chi connectivity index (χ0n) is 15.8. The minimum Gasteiger partial charge on any atom is -0.0654 e. The van der Waals surface area contributed by atoms with E-state index in [-0.39, 0.29) is 0 Å². The monoisotopic (exact) mass is 348 g/mol. The van der Waals surface area contributed by atoms with Gasteiger partial charge in [0.1, 0.15) is 0 Å². The van der Waals surface area contributed by atoms with E-state index in [9.17, 15) is 0 Å². The molecule has 0 aliphatic carbocycles. The maximum Gasteiger partial charge on any atom is 0.0255 e. The fraction of sp³-hybridized carbons (Fsp3) is 0.185. The topological polar surface area (TPSA) is 0 Å². The molecule has 0 fully saturated rings. The first-order chi connectivity index (χ1) is 13.3. The smallest absolute Gasteiger partial charge is 0.0255 e. The summed E-state index contributed by atoms with van der Waals surface area (Å²) in [5, 5.41) is 5.05. The van der Waals surface area contributed by atoms with Gasteiger partial charge in [-0.1, -0.05) is 74.1 Å². The van der Waals surface area contributed by atoms with E-state index >= 15 is 0 Å². The van der Waals surface area contributed by atoms with Gasteiger partial charge in [0.2, 0.25) is 0 Å². The van der Waals surface area contributed by atoms with Crippen LogP contribution >= 0.6 is 0 Å². The van der Waals surface area contributed by atoms with Crippen molar-refractivity contribution in [3.05, 3.63) is 95.6 Å². The summed E-state index contributed by atoms with van der Waals surface area (Å²) in [6, 6.07) is 28.2. The Hall–Kier alpha value is -3.04. The molecule has 0 heteroatoms. The molecule has 0 N–H and O–H groups in total. The van der Waals surface area contributed by atoms with Crippen LogP contribution in [-0.2, 0) is 6.42 Å². The fourth-order valence-corrected chi connectivity index (χ4v) is 3.50. The molecule has 0 aliphatic heterocycles. The molecule has 0 radical (unpaired) electrons. The summed E-state index contributed by atoms with van der Waals surface area (Å²) in [4.78, 5) is 0. The largest absolute Gasteiger partial charge is 0.0654 e. The summed E-state index contributed by atoms with van der Waals surface area (Å²) in [7, 11) is 0. The molecule has 0 saturated carbocycles. The van der Waals surface area contributed by atoms with Crippen molar-refractivity contribution in [3.63, 3.8) is 0 Å². The highest BCUT2D eigenvalue weighted by Crippen LogP contribution is 2.23. The Morgan fingerprint density at radius 3 is 1.96 bits per heavy atom. The number of aryl methyl sites for hydroxylation is 1. The number of unbranched alkanes of at least 4 members (excludes halogenated alkanes) is 2. The highest BCUT2D eigenvalue weighted by atomic mass is 14.0. The number of fused-ring (bicyclic) bond motifs is 2. The lowest BCUT2D eigenvalue weighted by Crippen LogP contribution is -1.85. The average molecular weight is 348 g/mol. The van der Waals surface area contributed by atoms with Crippen LogP contribution in [0.25, 0.3) is 21.5 Å². The van der Waals surface area contributed by atoms with Gasteiger partial charge in [-0.25, -0.2) is 0 Å². The number of hydrogen-bond donors (Lipinski definition) is 0. The van der Waals surface area contributed by atoms with E-state index in [1.54, 1.807) is 0 Å². The van der Waals surface area contributed by atoms with Gasteiger partial charge < -0.3 is 0 Å². The SMILES string of the molecule is CCCCCc1ccc(C#Cc2ccc3cc4ccccc4cc3c2)cc1. The highest BCUT2D eigenvalue weighted by molar-refractivity contribution is 5.98. The molecule has 0 unspecified atom stereocenters. The Balaban J connectivity index is 1.55. The molecule has 0 aromatic heterocycles. The van der Waals surface area contributed by atoms with Crippen molar-refractivity contribution < 1.29 is 0 Å². The maximum absolute atomic E-state index is 3.32. The van der Waals surface area contributed by atoms with Gasteiger partial charge in [0.15, 0.2) is 0 Å². The van der Waals surface area contributed by atoms with Crippen LogP contribution in [0.4, 0.5) is 0 Å². The van der Waals surface area contributed by atoms with Crippen molar-refractivity contribution in [2.45, 2.75) is 32.6 Å². The van der Waals surface area contributed by atoms with E-state index in [0.717, 1.165) is 11.1 Å². The molecule has 0 spiro atoms. The Bertz CT molecular complexity index is 1120. The van der Waals surface area contributed by atoms with Crippen LogP contribution in [0.2, 0.25) is 0 Å². The molecule has 0 atom stereocenters. The third-order valence-electron chi connectivity index (χ3n) is 5.08. The van der Waals surface area contributed by atoms with E-state index in [2.05, 4.69) is 97.6 Å². The molecular weight excluding hydrogens is 324 g/mol. The van der Waals surface area contributed by atoms with Gasteiger partial charge in [0.25, 0.3) is 0 Å². The first-order valence-electron chi connectivity index (χ1n) is 9.85. The van der Waals surface area contributed by atoms with E-state index in [4.69, 9.17) is 0 Å². The Kier molecular flexibility index (Phi) is 5.22. The molecule has 0 aliphatic rings. The first-order valence-corrected chi connectivity index (χ1v) is 9.85. The summed E-state index contributed by atoms with van der Waals surface area (Å²) >= 11 is 0. The van der Waals surface area contributed by atoms with Gasteiger partial charge in [0.05, 0.1) is 0 Å². The van der Waals surface area contributed by atoms with E-state index in [1.165, 1.54) is 52.8 Å². The van der Waals surface area contributed by atoms with E-state index < -0.39 is 0 Å². The zero-order valence-corrected chi connectivity index (χ0v) is 15.8. The van der Waals surface area contributed by atoms with Crippen LogP contribution in [0.15, 0.2) is 78.9 Å². The molecule has 0 saturated heterocycles. The summed E-state index contributed by atoms with van der Waals surface area (Å²) in [6.07, 6.45) is 5.01. The molecule has 0 amide bonds. The Labute approximate surface area is 161 Å². The predicted molar refractivity (Wildman–Crippen MR) is 117 cm³/mol. The van der Waals surface area contributed by atoms with Crippen LogP contribution in [0.3, 0.4) is 0 Å². The molecule has 27 heavy (non-hydrogen) atoms. The lowest BCUT2D eigenvalue weighted by Gasteiger charge is -2.03. The van der Waals surface area contributed by atoms with E-state index in [1.807, 2.05) is 0 Å². The molecule has 4 rings (SSSR count). The number of benzene rings is 4. The predicted octanol–water partition coefficient (Wildman–Crippen LogP) is 7.13. The molecule has 0 bridgehead atoms. The lowest BCUT2D eigenvalue weighted by molar-refractivity contribution is 0.717. The van der Waals surface area contributed by atoms with Crippen LogP contribution in [0, 0.1) is 11.8 Å². The van der Waals surface area contributed by atoms with Gasteiger partial charge >= 0.3 is 0 Å². The standard InChI is InChI=1S/C27H24/c1-2-3-4-7-21-10-12-22(13-11-21)14-15-23-16-17-26-19-24-8-5-6-9-25(24)20-27(26)18-23/h5-6,8-13,16-20H,2-4,7H2,1H3. The van der Waals surface area contributed by atoms with Crippen LogP contribution in [-0.4, -0.2) is 0 Å². The van der Waals surface area contributed by atoms with Gasteiger partial charge in [0, 0.05) is 11.1 Å². The Morgan fingerprint density at radius 1 is 0.593 bits per heavy atom. The van der Waals surface area contributed by atoms with Crippen molar-refractivity contribution in [3.8, 4) is 11.8 Å². The summed E-state index contributed by atoms with van der Waals surface area (Å²) in [6.45, 7) is 2.24. The normalized spacial score (nSPS) is 10.7. The maximum atomic E-state index is 3.32. The molecule has 0 nitrogen and oxygen atoms in total. The first kappa shape index (κ1) is 17.4. The van der Waals surface area contributed by atoms with Gasteiger partial charge in [-0.3, -0.25) is 0 Å². The molecule has 132 valence electrons. The molecule has 0 heterocycles. The van der Waals surface area contributed by atoms with Crippen molar-refractivity contribution in [2.24, 2.45) is 0 Å². The minimum atomic E-state index is 1.06. The summed E-state index contributed by atoms with van der Waals surface area (Å²) in [5.41, 5.74) is 3.55. The van der Waals surface area contributed by atoms with Crippen LogP contribution in [0.5, 0.6) is 0 Å². The van der Waals surface area contributed by atoms with Crippen molar-refractivity contribution in [2.75, 3.05) is 0 Å². The van der Waals surface area contributed by atoms with Crippen LogP contribution in [0.1, 0.15) is 42.9 Å². The van der Waals surface area contributed by atoms with Crippen molar-refractivity contribution in [1.29, 1.82) is 0 Å². The van der Waals surface area contributed by atoms with Gasteiger partial charge in [-0.2, -0.15) is 0 Å². The Morgan fingerprint density at radius 2 is 1.22 bits per heavy atom. The zero-order chi connectivity index (χ0) is 18.5. The van der Waals surface area contributed by atoms with Crippen LogP contribution < -0.4 is 0 Å². The number of hydrogen-bond acceptors (Lipinski definition) is 0. The molecule has 4 aromatic rings. The second kappa shape index (κ2) is 8.11. The lowest BCUT2D eigenvalue weighted by atomic mass is 10.0. The van der Waals surface area contributed by atoms with Crippen molar-refractivity contribution in [1.82, 2.24) is 0 Å². The highest BCUT2D eigenvalue weighted by Gasteiger charge is 1.99. The third kappa shape index (κ3) is 4.21. The van der Waals surface area contributed by atoms with Gasteiger partial charge in [-0.05, 0) is 76.3 Å². The minimum absolute atomic E-state index is 1.06. The summed E-state index contributed by atoms with van der Waals surface area (Å²) < 4.78 is 0.